The molecule has 1 rings (SSSR count). The van der Waals surface area contributed by atoms with Crippen LogP contribution in [0.3, 0.4) is 0 Å². The molecule has 2 nitrogen and oxygen atoms in total. The van der Waals surface area contributed by atoms with E-state index in [4.69, 9.17) is 0 Å². The molecular formula is C14H17F2NO. The lowest BCUT2D eigenvalue weighted by Gasteiger charge is -2.07. The number of hydrogen-bond acceptors (Lipinski definition) is 1. The molecule has 1 aromatic carbocycles. The molecule has 4 heteroatoms. The molecule has 0 bridgehead atoms. The maximum absolute atomic E-state index is 13.6. The van der Waals surface area contributed by atoms with Crippen LogP contribution in [0, 0.1) is 11.6 Å². The van der Waals surface area contributed by atoms with Crippen molar-refractivity contribution >= 4 is 12.0 Å². The van der Waals surface area contributed by atoms with Crippen molar-refractivity contribution in [1.29, 1.82) is 0 Å². The zero-order chi connectivity index (χ0) is 13.5. The van der Waals surface area contributed by atoms with E-state index in [9.17, 15) is 13.6 Å². The Bertz CT molecular complexity index is 444. The summed E-state index contributed by atoms with van der Waals surface area (Å²) in [5, 5.41) is 2.66. The van der Waals surface area contributed by atoms with Gasteiger partial charge in [0.2, 0.25) is 5.91 Å². The summed E-state index contributed by atoms with van der Waals surface area (Å²) >= 11 is 0. The van der Waals surface area contributed by atoms with Crippen LogP contribution in [-0.2, 0) is 11.2 Å². The highest BCUT2D eigenvalue weighted by Gasteiger charge is 2.11. The minimum atomic E-state index is -0.586. The van der Waals surface area contributed by atoms with Crippen molar-refractivity contribution in [2.75, 3.05) is 6.54 Å². The summed E-state index contributed by atoms with van der Waals surface area (Å²) in [7, 11) is 0. The standard InChI is InChI=1S/C14H17F2NO/c1-3-5-6-17-14(18)9-11-8-12(15)10(4-2)7-13(11)16/h4,7-8H,2-3,5-6,9H2,1H3,(H,17,18). The summed E-state index contributed by atoms with van der Waals surface area (Å²) in [5.41, 5.74) is 0.162. The highest BCUT2D eigenvalue weighted by molar-refractivity contribution is 5.78. The van der Waals surface area contributed by atoms with Gasteiger partial charge in [0.25, 0.3) is 0 Å². The van der Waals surface area contributed by atoms with Gasteiger partial charge >= 0.3 is 0 Å². The Morgan fingerprint density at radius 3 is 2.72 bits per heavy atom. The van der Waals surface area contributed by atoms with Crippen LogP contribution in [-0.4, -0.2) is 12.5 Å². The zero-order valence-corrected chi connectivity index (χ0v) is 10.4. The number of carbonyl (C=O) groups is 1. The molecule has 0 aromatic heterocycles. The predicted molar refractivity (Wildman–Crippen MR) is 68.1 cm³/mol. The van der Waals surface area contributed by atoms with Crippen LogP contribution in [0.5, 0.6) is 0 Å². The molecular weight excluding hydrogens is 236 g/mol. The van der Waals surface area contributed by atoms with Crippen molar-refractivity contribution in [3.8, 4) is 0 Å². The van der Waals surface area contributed by atoms with Gasteiger partial charge < -0.3 is 5.32 Å². The summed E-state index contributed by atoms with van der Waals surface area (Å²) < 4.78 is 27.0. The van der Waals surface area contributed by atoms with E-state index in [0.29, 0.717) is 6.54 Å². The minimum absolute atomic E-state index is 0.0621. The van der Waals surface area contributed by atoms with Crippen LogP contribution < -0.4 is 5.32 Å². The molecule has 0 atom stereocenters. The number of carbonyl (C=O) groups excluding carboxylic acids is 1. The van der Waals surface area contributed by atoms with Crippen LogP contribution in [0.4, 0.5) is 8.78 Å². The van der Waals surface area contributed by atoms with Gasteiger partial charge in [-0.2, -0.15) is 0 Å². The molecule has 1 N–H and O–H groups in total. The fourth-order valence-electron chi connectivity index (χ4n) is 1.54. The van der Waals surface area contributed by atoms with Gasteiger partial charge in [0.1, 0.15) is 11.6 Å². The maximum Gasteiger partial charge on any atom is 0.224 e. The number of benzene rings is 1. The van der Waals surface area contributed by atoms with Gasteiger partial charge in [-0.25, -0.2) is 8.78 Å². The monoisotopic (exact) mass is 253 g/mol. The Morgan fingerprint density at radius 1 is 1.39 bits per heavy atom. The molecule has 0 radical (unpaired) electrons. The number of hydrogen-bond donors (Lipinski definition) is 1. The number of unbranched alkanes of at least 4 members (excludes halogenated alkanes) is 1. The minimum Gasteiger partial charge on any atom is -0.356 e. The Kier molecular flexibility index (Phi) is 5.49. The van der Waals surface area contributed by atoms with Crippen LogP contribution in [0.25, 0.3) is 6.08 Å². The molecule has 0 spiro atoms. The molecule has 1 aromatic rings. The van der Waals surface area contributed by atoms with Gasteiger partial charge in [0.05, 0.1) is 6.42 Å². The highest BCUT2D eigenvalue weighted by atomic mass is 19.1. The summed E-state index contributed by atoms with van der Waals surface area (Å²) in [6, 6.07) is 2.10. The molecule has 0 fully saturated rings. The lowest BCUT2D eigenvalue weighted by atomic mass is 10.1. The molecule has 1 amide bonds. The smallest absolute Gasteiger partial charge is 0.224 e. The van der Waals surface area contributed by atoms with Crippen molar-refractivity contribution in [1.82, 2.24) is 5.32 Å². The quantitative estimate of drug-likeness (QED) is 0.776. The third-order valence-corrected chi connectivity index (χ3v) is 2.59. The number of nitrogens with one attached hydrogen (secondary N) is 1. The second-order valence-corrected chi connectivity index (χ2v) is 4.05. The first-order valence-corrected chi connectivity index (χ1v) is 5.95. The van der Waals surface area contributed by atoms with E-state index >= 15 is 0 Å². The third-order valence-electron chi connectivity index (χ3n) is 2.59. The SMILES string of the molecule is C=Cc1cc(F)c(CC(=O)NCCCC)cc1F. The molecule has 18 heavy (non-hydrogen) atoms. The average Bonchev–Trinajstić information content (AvgIpc) is 2.33. The van der Waals surface area contributed by atoms with Crippen LogP contribution in [0.1, 0.15) is 30.9 Å². The molecule has 0 heterocycles. The summed E-state index contributed by atoms with van der Waals surface area (Å²) in [6.45, 7) is 5.96. The van der Waals surface area contributed by atoms with E-state index in [0.717, 1.165) is 25.0 Å². The summed E-state index contributed by atoms with van der Waals surface area (Å²) in [4.78, 5) is 11.5. The Hall–Kier alpha value is -1.71. The second-order valence-electron chi connectivity index (χ2n) is 4.05. The first-order chi connectivity index (χ1) is 8.58. The Labute approximate surface area is 106 Å². The lowest BCUT2D eigenvalue weighted by Crippen LogP contribution is -2.26. The fourth-order valence-corrected chi connectivity index (χ4v) is 1.54. The Morgan fingerprint density at radius 2 is 2.11 bits per heavy atom. The lowest BCUT2D eigenvalue weighted by molar-refractivity contribution is -0.120. The molecule has 0 unspecified atom stereocenters. The van der Waals surface area contributed by atoms with Crippen molar-refractivity contribution in [3.05, 3.63) is 41.5 Å². The van der Waals surface area contributed by atoms with Gasteiger partial charge in [0.15, 0.2) is 0 Å². The normalized spacial score (nSPS) is 10.2. The summed E-state index contributed by atoms with van der Waals surface area (Å²) in [5.74, 6) is -1.45. The van der Waals surface area contributed by atoms with E-state index < -0.39 is 11.6 Å². The van der Waals surface area contributed by atoms with Gasteiger partial charge in [-0.1, -0.05) is 26.0 Å². The van der Waals surface area contributed by atoms with Gasteiger partial charge in [-0.3, -0.25) is 4.79 Å². The van der Waals surface area contributed by atoms with Crippen molar-refractivity contribution in [3.63, 3.8) is 0 Å². The van der Waals surface area contributed by atoms with Gasteiger partial charge in [0, 0.05) is 17.7 Å². The van der Waals surface area contributed by atoms with E-state index in [1.165, 1.54) is 6.08 Å². The van der Waals surface area contributed by atoms with Gasteiger partial charge in [-0.15, -0.1) is 0 Å². The van der Waals surface area contributed by atoms with Crippen LogP contribution >= 0.6 is 0 Å². The molecule has 0 saturated heterocycles. The first kappa shape index (κ1) is 14.4. The van der Waals surface area contributed by atoms with E-state index in [-0.39, 0.29) is 23.5 Å². The number of rotatable bonds is 6. The van der Waals surface area contributed by atoms with Crippen molar-refractivity contribution < 1.29 is 13.6 Å². The Balaban J connectivity index is 2.70. The van der Waals surface area contributed by atoms with Crippen LogP contribution in [0.15, 0.2) is 18.7 Å². The van der Waals surface area contributed by atoms with Crippen LogP contribution in [0.2, 0.25) is 0 Å². The zero-order valence-electron chi connectivity index (χ0n) is 10.4. The largest absolute Gasteiger partial charge is 0.356 e. The highest BCUT2D eigenvalue weighted by Crippen LogP contribution is 2.16. The molecule has 0 saturated carbocycles. The fraction of sp³-hybridized carbons (Fsp3) is 0.357. The second kappa shape index (κ2) is 6.89. The molecule has 98 valence electrons. The average molecular weight is 253 g/mol. The summed E-state index contributed by atoms with van der Waals surface area (Å²) in [6.07, 6.45) is 2.93. The van der Waals surface area contributed by atoms with E-state index in [1.54, 1.807) is 0 Å². The first-order valence-electron chi connectivity index (χ1n) is 5.95. The predicted octanol–water partition coefficient (Wildman–Crippen LogP) is 3.07. The molecule has 0 aliphatic carbocycles. The topological polar surface area (TPSA) is 29.1 Å². The van der Waals surface area contributed by atoms with Crippen molar-refractivity contribution in [2.24, 2.45) is 0 Å². The third kappa shape index (κ3) is 3.95. The molecule has 0 aliphatic rings. The van der Waals surface area contributed by atoms with E-state index in [1.807, 2.05) is 6.92 Å². The van der Waals surface area contributed by atoms with E-state index in [2.05, 4.69) is 11.9 Å². The van der Waals surface area contributed by atoms with Crippen molar-refractivity contribution in [2.45, 2.75) is 26.2 Å². The molecule has 0 aliphatic heterocycles. The number of halogens is 2. The number of amides is 1. The maximum atomic E-state index is 13.6. The van der Waals surface area contributed by atoms with Gasteiger partial charge in [-0.05, 0) is 18.6 Å².